The molecule has 1 aromatic carbocycles. The van der Waals surface area contributed by atoms with Crippen LogP contribution >= 0.6 is 0 Å². The highest BCUT2D eigenvalue weighted by molar-refractivity contribution is 5.96. The van der Waals surface area contributed by atoms with E-state index in [-0.39, 0.29) is 36.0 Å². The molecule has 4 aliphatic heterocycles. The SMILES string of the molecule is COC(=O)CCCCCCCCO[C@@H]1OC(CO)[C@H](OC2OC(C)[C@@H](O)C(O)C2O)C(OC2OC(CO)[C@@H](O)C(O[C@]3(C(=O)O)CC(O)[C@@H](NC(C)=O)C(C(O)C(O)CO)O3)C2O)C1NC(=O)c1ccc2cccc(O)c2n1. The number of amides is 2. The standard InChI is InChI=1S/C49H73N3O26/c1-21-34(61)37(64)38(65)46(72-21)75-40-29(20-55)74-45(71-16-9-7-5-4-6-8-13-30(60)70-3)33(52-44(67)24-15-14-23-11-10-12-25(57)31(23)51-24)42(40)76-47-39(66)43(36(63)28(19-54)73-47)78-49(48(68)69)17-26(58)32(50-22(2)56)41(77-49)35(62)27(59)18-53/h10-12,14-15,21,26-29,32-43,45-47,53-55,57-59,61-66H,4-9,13,16-20H2,1-3H3,(H,50,56)(H,52,67)(H,68,69)/t21?,26?,27?,28?,29?,32-,33?,34-,35?,36-,37?,38?,39?,40+,41?,42?,43?,45-,46?,47?,49+/m1/s1. The van der Waals surface area contributed by atoms with Crippen LogP contribution in [0, 0.1) is 0 Å². The lowest BCUT2D eigenvalue weighted by molar-refractivity contribution is -0.390. The van der Waals surface area contributed by atoms with Gasteiger partial charge in [-0.25, -0.2) is 9.78 Å². The molecule has 0 radical (unpaired) electrons. The number of methoxy groups -OCH3 is 1. The second-order valence-electron chi connectivity index (χ2n) is 19.6. The van der Waals surface area contributed by atoms with Gasteiger partial charge in [0.25, 0.3) is 11.7 Å². The van der Waals surface area contributed by atoms with Gasteiger partial charge in [0, 0.05) is 31.8 Å². The number of rotatable bonds is 25. The first-order valence-electron chi connectivity index (χ1n) is 25.6. The summed E-state index contributed by atoms with van der Waals surface area (Å²) in [7, 11) is 1.30. The average molecular weight is 1120 g/mol. The molecule has 15 N–H and O–H groups in total. The number of fused-ring (bicyclic) bond motifs is 1. The fraction of sp³-hybridized carbons (Fsp3) is 0.735. The fourth-order valence-electron chi connectivity index (χ4n) is 9.74. The summed E-state index contributed by atoms with van der Waals surface area (Å²) < 4.78 is 53.2. The number of aliphatic hydroxyl groups is 11. The molecule has 4 fully saturated rings. The van der Waals surface area contributed by atoms with Gasteiger partial charge in [-0.3, -0.25) is 14.4 Å². The predicted molar refractivity (Wildman–Crippen MR) is 258 cm³/mol. The monoisotopic (exact) mass is 1120 g/mol. The summed E-state index contributed by atoms with van der Waals surface area (Å²) in [5, 5.41) is 147. The van der Waals surface area contributed by atoms with Crippen LogP contribution in [0.4, 0.5) is 0 Å². The van der Waals surface area contributed by atoms with Crippen LogP contribution in [0.15, 0.2) is 30.3 Å². The molecule has 29 nitrogen and oxygen atoms in total. The molecular weight excluding hydrogens is 1050 g/mol. The van der Waals surface area contributed by atoms with Gasteiger partial charge in [0.2, 0.25) is 5.91 Å². The van der Waals surface area contributed by atoms with Crippen LogP contribution in [0.1, 0.15) is 75.7 Å². The molecule has 0 saturated carbocycles. The van der Waals surface area contributed by atoms with Crippen LogP contribution in [0.3, 0.4) is 0 Å². The molecule has 0 aliphatic carbocycles. The number of carbonyl (C=O) groups excluding carboxylic acids is 3. The molecule has 4 saturated heterocycles. The molecule has 440 valence electrons. The minimum Gasteiger partial charge on any atom is -0.506 e. The van der Waals surface area contributed by atoms with Crippen molar-refractivity contribution in [1.82, 2.24) is 15.6 Å². The fourth-order valence-corrected chi connectivity index (χ4v) is 9.74. The molecular formula is C49H73N3O26. The van der Waals surface area contributed by atoms with Crippen molar-refractivity contribution in [3.05, 3.63) is 36.0 Å². The van der Waals surface area contributed by atoms with E-state index in [0.717, 1.165) is 19.8 Å². The van der Waals surface area contributed by atoms with Crippen molar-refractivity contribution in [3.8, 4) is 5.75 Å². The Kier molecular flexibility index (Phi) is 22.8. The number of ether oxygens (including phenoxy) is 9. The number of phenols is 1. The van der Waals surface area contributed by atoms with E-state index in [1.54, 1.807) is 12.1 Å². The van der Waals surface area contributed by atoms with Crippen LogP contribution < -0.4 is 10.6 Å². The van der Waals surface area contributed by atoms with E-state index in [0.29, 0.717) is 31.1 Å². The number of benzene rings is 1. The molecule has 0 bridgehead atoms. The zero-order valence-corrected chi connectivity index (χ0v) is 43.0. The highest BCUT2D eigenvalue weighted by Gasteiger charge is 2.61. The number of carboxylic acid groups (broad SMARTS) is 1. The number of pyridine rings is 1. The maximum atomic E-state index is 14.5. The Bertz CT molecular complexity index is 2290. The normalized spacial score (nSPS) is 36.1. The molecule has 29 heteroatoms. The van der Waals surface area contributed by atoms with Gasteiger partial charge in [0.05, 0.1) is 45.2 Å². The zero-order chi connectivity index (χ0) is 57.2. The summed E-state index contributed by atoms with van der Waals surface area (Å²) in [6.45, 7) is -0.864. The zero-order valence-electron chi connectivity index (χ0n) is 43.0. The van der Waals surface area contributed by atoms with Gasteiger partial charge < -0.3 is 120 Å². The molecule has 2 amide bonds. The lowest BCUT2D eigenvalue weighted by Crippen LogP contribution is -2.71. The van der Waals surface area contributed by atoms with Crippen LogP contribution in [-0.2, 0) is 57.0 Å². The lowest BCUT2D eigenvalue weighted by Gasteiger charge is -2.51. The number of nitrogens with one attached hydrogen (secondary N) is 2. The number of aliphatic hydroxyl groups excluding tert-OH is 11. The Morgan fingerprint density at radius 2 is 1.41 bits per heavy atom. The number of unbranched alkanes of at least 4 members (excludes halogenated alkanes) is 5. The summed E-state index contributed by atoms with van der Waals surface area (Å²) in [4.78, 5) is 55.8. The first-order valence-corrected chi connectivity index (χ1v) is 25.6. The quantitative estimate of drug-likeness (QED) is 0.0328. The predicted octanol–water partition coefficient (Wildman–Crippen LogP) is -4.75. The molecule has 15 unspecified atom stereocenters. The number of esters is 1. The number of aliphatic carboxylic acids is 1. The molecule has 6 rings (SSSR count). The number of nitrogens with zero attached hydrogens (tertiary/aromatic N) is 1. The van der Waals surface area contributed by atoms with E-state index < -0.39 is 172 Å². The third kappa shape index (κ3) is 14.7. The topological polar surface area (TPSA) is 451 Å². The summed E-state index contributed by atoms with van der Waals surface area (Å²) in [6.07, 6.45) is -31.8. The van der Waals surface area contributed by atoms with Gasteiger partial charge >= 0.3 is 11.9 Å². The molecule has 1 aromatic heterocycles. The summed E-state index contributed by atoms with van der Waals surface area (Å²) in [5.74, 6) is -7.61. The Morgan fingerprint density at radius 3 is 2.06 bits per heavy atom. The molecule has 4 aliphatic rings. The van der Waals surface area contributed by atoms with Crippen LogP contribution in [0.2, 0.25) is 0 Å². The van der Waals surface area contributed by atoms with E-state index in [4.69, 9.17) is 37.9 Å². The van der Waals surface area contributed by atoms with Gasteiger partial charge in [-0.05, 0) is 31.9 Å². The average Bonchev–Trinajstić information content (AvgIpc) is 3.60. The highest BCUT2D eigenvalue weighted by Crippen LogP contribution is 2.39. The van der Waals surface area contributed by atoms with Crippen LogP contribution in [0.25, 0.3) is 10.9 Å². The Hall–Kier alpha value is -4.45. The first kappa shape index (κ1) is 62.7. The van der Waals surface area contributed by atoms with Crippen molar-refractivity contribution in [1.29, 1.82) is 0 Å². The van der Waals surface area contributed by atoms with Crippen molar-refractivity contribution < 1.29 is 128 Å². The number of aromatic nitrogens is 1. The smallest absolute Gasteiger partial charge is 0.364 e. The van der Waals surface area contributed by atoms with Crippen molar-refractivity contribution >= 4 is 34.7 Å². The Morgan fingerprint density at radius 1 is 0.756 bits per heavy atom. The number of phenolic OH excluding ortho intramolecular Hbond substituents is 1. The lowest BCUT2D eigenvalue weighted by atomic mass is 9.88. The van der Waals surface area contributed by atoms with Gasteiger partial charge in [0.15, 0.2) is 18.9 Å². The molecule has 2 aromatic rings. The second-order valence-corrected chi connectivity index (χ2v) is 19.6. The van der Waals surface area contributed by atoms with Crippen molar-refractivity contribution in [2.45, 2.75) is 194 Å². The Labute approximate surface area is 446 Å². The van der Waals surface area contributed by atoms with Crippen molar-refractivity contribution in [2.24, 2.45) is 0 Å². The maximum absolute atomic E-state index is 14.5. The van der Waals surface area contributed by atoms with Crippen molar-refractivity contribution in [2.75, 3.05) is 33.5 Å². The molecule has 5 heterocycles. The van der Waals surface area contributed by atoms with E-state index in [1.807, 2.05) is 0 Å². The number of carboxylic acids is 1. The Balaban J connectivity index is 1.39. The largest absolute Gasteiger partial charge is 0.506 e. The third-order valence-corrected chi connectivity index (χ3v) is 14.1. The van der Waals surface area contributed by atoms with Gasteiger partial charge in [-0.15, -0.1) is 0 Å². The number of carbonyl (C=O) groups is 4. The highest BCUT2D eigenvalue weighted by atomic mass is 16.8. The third-order valence-electron chi connectivity index (χ3n) is 14.1. The van der Waals surface area contributed by atoms with Crippen LogP contribution in [-0.4, -0.2) is 257 Å². The summed E-state index contributed by atoms with van der Waals surface area (Å²) >= 11 is 0. The minimum atomic E-state index is -3.19. The van der Waals surface area contributed by atoms with Crippen LogP contribution in [0.5, 0.6) is 5.75 Å². The van der Waals surface area contributed by atoms with E-state index in [2.05, 4.69) is 20.4 Å². The molecule has 21 atom stereocenters. The number of aromatic hydroxyl groups is 1. The molecule has 0 spiro atoms. The minimum absolute atomic E-state index is 0.0267. The first-order chi connectivity index (χ1) is 37.1. The van der Waals surface area contributed by atoms with Gasteiger partial charge in [0.1, 0.15) is 102 Å². The summed E-state index contributed by atoms with van der Waals surface area (Å²) in [6, 6.07) is 3.99. The van der Waals surface area contributed by atoms with E-state index in [9.17, 15) is 85.6 Å². The van der Waals surface area contributed by atoms with E-state index in [1.165, 1.54) is 32.2 Å². The van der Waals surface area contributed by atoms with E-state index >= 15 is 0 Å². The molecule has 78 heavy (non-hydrogen) atoms. The number of hydrogen-bond donors (Lipinski definition) is 15. The second kappa shape index (κ2) is 28.3. The number of para-hydroxylation sites is 1. The number of hydrogen-bond acceptors (Lipinski definition) is 26. The van der Waals surface area contributed by atoms with Gasteiger partial charge in [-0.2, -0.15) is 0 Å². The van der Waals surface area contributed by atoms with Gasteiger partial charge in [-0.1, -0.05) is 43.9 Å². The van der Waals surface area contributed by atoms with Crippen molar-refractivity contribution in [3.63, 3.8) is 0 Å². The summed E-state index contributed by atoms with van der Waals surface area (Å²) in [5.41, 5.74) is -0.263. The maximum Gasteiger partial charge on any atom is 0.364 e.